The van der Waals surface area contributed by atoms with Crippen LogP contribution in [0.25, 0.3) is 0 Å². The number of ketones is 1. The van der Waals surface area contributed by atoms with Crippen LogP contribution in [0.1, 0.15) is 40.2 Å². The molecule has 5 nitrogen and oxygen atoms in total. The van der Waals surface area contributed by atoms with Gasteiger partial charge in [-0.15, -0.1) is 0 Å². The summed E-state index contributed by atoms with van der Waals surface area (Å²) in [7, 11) is 0. The molecule has 28 heavy (non-hydrogen) atoms. The van der Waals surface area contributed by atoms with Gasteiger partial charge in [-0.1, -0.05) is 6.07 Å². The minimum atomic E-state index is -1.06. The lowest BCUT2D eigenvalue weighted by Crippen LogP contribution is -2.34. The van der Waals surface area contributed by atoms with E-state index in [-0.39, 0.29) is 30.2 Å². The van der Waals surface area contributed by atoms with Crippen LogP contribution in [-0.4, -0.2) is 24.1 Å². The van der Waals surface area contributed by atoms with Gasteiger partial charge in [-0.2, -0.15) is 0 Å². The van der Waals surface area contributed by atoms with Gasteiger partial charge in [0.2, 0.25) is 11.8 Å². The maximum absolute atomic E-state index is 13.7. The van der Waals surface area contributed by atoms with Crippen LogP contribution in [-0.2, 0) is 16.0 Å². The quantitative estimate of drug-likeness (QED) is 0.594. The predicted octanol–water partition coefficient (Wildman–Crippen LogP) is 2.95. The summed E-state index contributed by atoms with van der Waals surface area (Å²) in [6, 6.07) is 8.18. The van der Waals surface area contributed by atoms with E-state index >= 15 is 0 Å². The summed E-state index contributed by atoms with van der Waals surface area (Å²) in [5, 5.41) is 5.28. The minimum absolute atomic E-state index is 0.0353. The fourth-order valence-corrected chi connectivity index (χ4v) is 3.40. The molecule has 1 atom stereocenters. The number of fused-ring (bicyclic) bond motifs is 1. The molecule has 0 saturated heterocycles. The third kappa shape index (κ3) is 3.52. The van der Waals surface area contributed by atoms with Crippen molar-refractivity contribution in [3.63, 3.8) is 0 Å². The summed E-state index contributed by atoms with van der Waals surface area (Å²) in [4.78, 5) is 37.1. The zero-order chi connectivity index (χ0) is 19.8. The largest absolute Gasteiger partial charge is 0.355 e. The molecule has 2 aromatic carbocycles. The second-order valence-electron chi connectivity index (χ2n) is 7.14. The van der Waals surface area contributed by atoms with E-state index in [0.29, 0.717) is 16.8 Å². The molecule has 0 aromatic heterocycles. The van der Waals surface area contributed by atoms with Crippen molar-refractivity contribution in [2.24, 2.45) is 5.92 Å². The topological polar surface area (TPSA) is 75.3 Å². The molecule has 2 aromatic rings. The number of hydrogen-bond donors (Lipinski definition) is 2. The van der Waals surface area contributed by atoms with Gasteiger partial charge in [0, 0.05) is 29.8 Å². The van der Waals surface area contributed by atoms with Crippen LogP contribution < -0.4 is 10.6 Å². The van der Waals surface area contributed by atoms with Crippen molar-refractivity contribution in [2.45, 2.75) is 25.2 Å². The number of nitrogens with one attached hydrogen (secondary N) is 2. The van der Waals surface area contributed by atoms with Gasteiger partial charge in [-0.3, -0.25) is 14.4 Å². The average Bonchev–Trinajstić information content (AvgIpc) is 3.44. The highest BCUT2D eigenvalue weighted by Crippen LogP contribution is 2.37. The number of hydrogen-bond acceptors (Lipinski definition) is 3. The molecule has 0 bridgehead atoms. The summed E-state index contributed by atoms with van der Waals surface area (Å²) in [5.74, 6) is -3.30. The standard InChI is InChI=1S/C21H18F2N2O3/c22-14-5-3-11(16(23)10-14)7-8-24-20(27)18-15-9-13(19(26)12-1-2-12)4-6-17(15)25-21(18)28/h3-6,9-10,12,18H,1-2,7-8H2,(H,24,27)(H,25,28). The average molecular weight is 384 g/mol. The first-order chi connectivity index (χ1) is 13.4. The molecule has 144 valence electrons. The molecule has 0 radical (unpaired) electrons. The molecular formula is C21H18F2N2O3. The Hall–Kier alpha value is -3.09. The van der Waals surface area contributed by atoms with E-state index in [1.54, 1.807) is 18.2 Å². The Kier molecular flexibility index (Phi) is 4.66. The molecule has 1 aliphatic heterocycles. The fraction of sp³-hybridized carbons (Fsp3) is 0.286. The number of anilines is 1. The van der Waals surface area contributed by atoms with E-state index in [1.807, 2.05) is 0 Å². The molecule has 1 aliphatic carbocycles. The van der Waals surface area contributed by atoms with Crippen LogP contribution in [0, 0.1) is 17.6 Å². The van der Waals surface area contributed by atoms with E-state index in [0.717, 1.165) is 25.0 Å². The van der Waals surface area contributed by atoms with Crippen LogP contribution in [0.5, 0.6) is 0 Å². The predicted molar refractivity (Wildman–Crippen MR) is 97.9 cm³/mol. The Morgan fingerprint density at radius 3 is 2.61 bits per heavy atom. The van der Waals surface area contributed by atoms with Crippen LogP contribution in [0.3, 0.4) is 0 Å². The maximum Gasteiger partial charge on any atom is 0.241 e. The summed E-state index contributed by atoms with van der Waals surface area (Å²) < 4.78 is 26.6. The number of rotatable bonds is 6. The van der Waals surface area contributed by atoms with Crippen LogP contribution >= 0.6 is 0 Å². The molecule has 2 aliphatic rings. The zero-order valence-corrected chi connectivity index (χ0v) is 14.9. The highest BCUT2D eigenvalue weighted by molar-refractivity contribution is 6.17. The summed E-state index contributed by atoms with van der Waals surface area (Å²) in [6.07, 6.45) is 1.91. The van der Waals surface area contributed by atoms with E-state index in [2.05, 4.69) is 10.6 Å². The number of Topliss-reactive ketones (excluding diaryl/α,β-unsaturated/α-hetero) is 1. The highest BCUT2D eigenvalue weighted by Gasteiger charge is 2.38. The van der Waals surface area contributed by atoms with Gasteiger partial charge in [0.15, 0.2) is 5.78 Å². The van der Waals surface area contributed by atoms with Crippen molar-refractivity contribution < 1.29 is 23.2 Å². The van der Waals surface area contributed by atoms with Gasteiger partial charge in [0.05, 0.1) is 0 Å². The number of halogens is 2. The SMILES string of the molecule is O=C(c1ccc2c(c1)C(C(=O)NCCc1ccc(F)cc1F)C(=O)N2)C1CC1. The van der Waals surface area contributed by atoms with Gasteiger partial charge in [0.25, 0.3) is 0 Å². The normalized spacial score (nSPS) is 17.8. The van der Waals surface area contributed by atoms with Crippen molar-refractivity contribution in [2.75, 3.05) is 11.9 Å². The lowest BCUT2D eigenvalue weighted by atomic mass is 9.95. The van der Waals surface area contributed by atoms with Crippen molar-refractivity contribution in [3.05, 3.63) is 64.7 Å². The molecule has 1 unspecified atom stereocenters. The molecular weight excluding hydrogens is 366 g/mol. The fourth-order valence-electron chi connectivity index (χ4n) is 3.40. The van der Waals surface area contributed by atoms with E-state index < -0.39 is 29.4 Å². The lowest BCUT2D eigenvalue weighted by molar-refractivity contribution is -0.128. The molecule has 1 saturated carbocycles. The molecule has 1 heterocycles. The third-order valence-electron chi connectivity index (χ3n) is 5.09. The van der Waals surface area contributed by atoms with Crippen LogP contribution in [0.15, 0.2) is 36.4 Å². The molecule has 1 fully saturated rings. The first kappa shape index (κ1) is 18.3. The van der Waals surface area contributed by atoms with Gasteiger partial charge in [-0.25, -0.2) is 8.78 Å². The minimum Gasteiger partial charge on any atom is -0.355 e. The second kappa shape index (κ2) is 7.14. The zero-order valence-electron chi connectivity index (χ0n) is 14.9. The lowest BCUT2D eigenvalue weighted by Gasteiger charge is -2.11. The van der Waals surface area contributed by atoms with Crippen molar-refractivity contribution in [3.8, 4) is 0 Å². The van der Waals surface area contributed by atoms with E-state index in [9.17, 15) is 23.2 Å². The van der Waals surface area contributed by atoms with Crippen LogP contribution in [0.2, 0.25) is 0 Å². The van der Waals surface area contributed by atoms with E-state index in [4.69, 9.17) is 0 Å². The molecule has 4 rings (SSSR count). The monoisotopic (exact) mass is 384 g/mol. The molecule has 2 N–H and O–H groups in total. The van der Waals surface area contributed by atoms with Gasteiger partial charge in [-0.05, 0) is 54.7 Å². The second-order valence-corrected chi connectivity index (χ2v) is 7.14. The van der Waals surface area contributed by atoms with Crippen molar-refractivity contribution >= 4 is 23.3 Å². The van der Waals surface area contributed by atoms with Gasteiger partial charge >= 0.3 is 0 Å². The summed E-state index contributed by atoms with van der Waals surface area (Å²) >= 11 is 0. The third-order valence-corrected chi connectivity index (χ3v) is 5.09. The molecule has 7 heteroatoms. The Morgan fingerprint density at radius 2 is 1.89 bits per heavy atom. The maximum atomic E-state index is 13.7. The Bertz CT molecular complexity index is 986. The van der Waals surface area contributed by atoms with E-state index in [1.165, 1.54) is 6.07 Å². The number of carbonyl (C=O) groups is 3. The number of benzene rings is 2. The first-order valence-electron chi connectivity index (χ1n) is 9.14. The number of carbonyl (C=O) groups excluding carboxylic acids is 3. The highest BCUT2D eigenvalue weighted by atomic mass is 19.1. The van der Waals surface area contributed by atoms with Crippen molar-refractivity contribution in [1.82, 2.24) is 5.32 Å². The van der Waals surface area contributed by atoms with Crippen LogP contribution in [0.4, 0.5) is 14.5 Å². The Morgan fingerprint density at radius 1 is 1.11 bits per heavy atom. The molecule has 2 amide bonds. The smallest absolute Gasteiger partial charge is 0.241 e. The summed E-state index contributed by atoms with van der Waals surface area (Å²) in [6.45, 7) is 0.0984. The molecule has 0 spiro atoms. The van der Waals surface area contributed by atoms with Crippen molar-refractivity contribution in [1.29, 1.82) is 0 Å². The summed E-state index contributed by atoms with van der Waals surface area (Å²) in [5.41, 5.74) is 1.77. The Balaban J connectivity index is 1.45. The van der Waals surface area contributed by atoms with Gasteiger partial charge in [0.1, 0.15) is 17.6 Å². The van der Waals surface area contributed by atoms with Gasteiger partial charge < -0.3 is 10.6 Å². The first-order valence-corrected chi connectivity index (χ1v) is 9.14. The number of amides is 2. The Labute approximate surface area is 160 Å².